The van der Waals surface area contributed by atoms with E-state index in [1.807, 2.05) is 11.5 Å². The molecule has 3 aromatic rings. The quantitative estimate of drug-likeness (QED) is 0.243. The molecular formula is C24H17F4N3O2S. The lowest BCUT2D eigenvalue weighted by molar-refractivity contribution is -0.137. The van der Waals surface area contributed by atoms with Gasteiger partial charge in [0.15, 0.2) is 5.11 Å². The second-order valence-electron chi connectivity index (χ2n) is 7.64. The fourth-order valence-corrected chi connectivity index (χ4v) is 4.07. The topological polar surface area (TPSA) is 54.3 Å². The Hall–Kier alpha value is -3.79. The Kier molecular flexibility index (Phi) is 5.86. The molecule has 1 aliphatic rings. The Morgan fingerprint density at radius 3 is 2.29 bits per heavy atom. The van der Waals surface area contributed by atoms with Crippen LogP contribution in [-0.4, -0.2) is 21.5 Å². The van der Waals surface area contributed by atoms with Gasteiger partial charge >= 0.3 is 6.18 Å². The summed E-state index contributed by atoms with van der Waals surface area (Å²) < 4.78 is 54.6. The molecule has 5 nitrogen and oxygen atoms in total. The first-order valence-electron chi connectivity index (χ1n) is 10.0. The third-order valence-electron chi connectivity index (χ3n) is 5.39. The standard InChI is InChI=1S/C24H17F4N3O2S/c1-13-10-15(14(2)30(13)18-8-6-17(25)7-9-18)11-20-21(32)29-23(34)31(22(20)33)19-5-3-4-16(12-19)24(26,27)28/h3-12H,1-2H3,(H,29,32,34). The first-order chi connectivity index (χ1) is 16.0. The van der Waals surface area contributed by atoms with E-state index >= 15 is 0 Å². The number of benzene rings is 2. The van der Waals surface area contributed by atoms with E-state index in [4.69, 9.17) is 12.2 Å². The molecule has 1 aromatic heterocycles. The van der Waals surface area contributed by atoms with Crippen LogP contribution in [0.5, 0.6) is 0 Å². The predicted octanol–water partition coefficient (Wildman–Crippen LogP) is 5.08. The normalized spacial score (nSPS) is 15.8. The number of aromatic nitrogens is 1. The van der Waals surface area contributed by atoms with Crippen molar-refractivity contribution >= 4 is 40.9 Å². The fourth-order valence-electron chi connectivity index (χ4n) is 3.79. The Morgan fingerprint density at radius 1 is 0.971 bits per heavy atom. The molecule has 4 rings (SSSR count). The third-order valence-corrected chi connectivity index (χ3v) is 5.67. The van der Waals surface area contributed by atoms with Crippen LogP contribution in [-0.2, 0) is 15.8 Å². The molecule has 34 heavy (non-hydrogen) atoms. The molecule has 0 spiro atoms. The van der Waals surface area contributed by atoms with E-state index < -0.39 is 23.6 Å². The Bertz CT molecular complexity index is 1360. The van der Waals surface area contributed by atoms with Crippen molar-refractivity contribution in [3.05, 3.63) is 88.5 Å². The Balaban J connectivity index is 1.75. The highest BCUT2D eigenvalue weighted by Crippen LogP contribution is 2.33. The second-order valence-corrected chi connectivity index (χ2v) is 8.03. The SMILES string of the molecule is Cc1cc(C=C2C(=O)NC(=S)N(c3cccc(C(F)(F)F)c3)C2=O)c(C)n1-c1ccc(F)cc1. The summed E-state index contributed by atoms with van der Waals surface area (Å²) in [7, 11) is 0. The van der Waals surface area contributed by atoms with Gasteiger partial charge in [-0.1, -0.05) is 6.07 Å². The number of hydrogen-bond acceptors (Lipinski definition) is 3. The van der Waals surface area contributed by atoms with Gasteiger partial charge in [-0.2, -0.15) is 13.2 Å². The van der Waals surface area contributed by atoms with Gasteiger partial charge in [0.05, 0.1) is 11.3 Å². The van der Waals surface area contributed by atoms with E-state index in [-0.39, 0.29) is 22.2 Å². The fraction of sp³-hybridized carbons (Fsp3) is 0.125. The molecule has 0 atom stereocenters. The van der Waals surface area contributed by atoms with Gasteiger partial charge in [-0.25, -0.2) is 4.39 Å². The zero-order valence-electron chi connectivity index (χ0n) is 17.9. The lowest BCUT2D eigenvalue weighted by Gasteiger charge is -2.29. The van der Waals surface area contributed by atoms with E-state index in [9.17, 15) is 27.2 Å². The minimum Gasteiger partial charge on any atom is -0.318 e. The zero-order valence-corrected chi connectivity index (χ0v) is 18.7. The lowest BCUT2D eigenvalue weighted by atomic mass is 10.1. The molecule has 2 aromatic carbocycles. The summed E-state index contributed by atoms with van der Waals surface area (Å²) in [5.41, 5.74) is 1.31. The van der Waals surface area contributed by atoms with Crippen LogP contribution in [0.15, 0.2) is 60.2 Å². The third kappa shape index (κ3) is 4.24. The van der Waals surface area contributed by atoms with Crippen molar-refractivity contribution in [2.24, 2.45) is 0 Å². The van der Waals surface area contributed by atoms with E-state index in [0.29, 0.717) is 16.9 Å². The maximum atomic E-state index is 13.3. The predicted molar refractivity (Wildman–Crippen MR) is 123 cm³/mol. The summed E-state index contributed by atoms with van der Waals surface area (Å²) in [6.45, 7) is 3.58. The van der Waals surface area contributed by atoms with Crippen LogP contribution in [0.25, 0.3) is 11.8 Å². The van der Waals surface area contributed by atoms with Crippen molar-refractivity contribution in [1.29, 1.82) is 0 Å². The van der Waals surface area contributed by atoms with Crippen LogP contribution in [0, 0.1) is 19.7 Å². The Morgan fingerprint density at radius 2 is 1.65 bits per heavy atom. The number of halogens is 4. The molecule has 1 saturated heterocycles. The summed E-state index contributed by atoms with van der Waals surface area (Å²) in [5.74, 6) is -1.99. The van der Waals surface area contributed by atoms with Crippen LogP contribution in [0.2, 0.25) is 0 Å². The smallest absolute Gasteiger partial charge is 0.318 e. The van der Waals surface area contributed by atoms with Crippen LogP contribution >= 0.6 is 12.2 Å². The Labute approximate surface area is 197 Å². The van der Waals surface area contributed by atoms with Crippen LogP contribution < -0.4 is 10.2 Å². The molecule has 0 aliphatic carbocycles. The molecule has 0 saturated carbocycles. The molecule has 1 aliphatic heterocycles. The van der Waals surface area contributed by atoms with Gasteiger partial charge in [0.2, 0.25) is 0 Å². The minimum atomic E-state index is -4.61. The number of nitrogens with one attached hydrogen (secondary N) is 1. The highest BCUT2D eigenvalue weighted by atomic mass is 32.1. The molecule has 10 heteroatoms. The summed E-state index contributed by atoms with van der Waals surface area (Å²) in [4.78, 5) is 26.7. The molecular weight excluding hydrogens is 470 g/mol. The molecule has 2 amide bonds. The van der Waals surface area contributed by atoms with Crippen molar-refractivity contribution in [2.45, 2.75) is 20.0 Å². The number of rotatable bonds is 3. The molecule has 2 heterocycles. The number of carbonyl (C=O) groups excluding carboxylic acids is 2. The molecule has 0 bridgehead atoms. The monoisotopic (exact) mass is 487 g/mol. The number of aryl methyl sites for hydroxylation is 1. The number of anilines is 1. The molecule has 1 fully saturated rings. The molecule has 0 radical (unpaired) electrons. The minimum absolute atomic E-state index is 0.118. The molecule has 174 valence electrons. The van der Waals surface area contributed by atoms with Crippen LogP contribution in [0.1, 0.15) is 22.5 Å². The number of thiocarbonyl (C=S) groups is 1. The van der Waals surface area contributed by atoms with Crippen molar-refractivity contribution in [3.8, 4) is 5.69 Å². The average molecular weight is 487 g/mol. The summed E-state index contributed by atoms with van der Waals surface area (Å²) >= 11 is 5.07. The first-order valence-corrected chi connectivity index (χ1v) is 10.4. The number of carbonyl (C=O) groups is 2. The number of hydrogen-bond donors (Lipinski definition) is 1. The van der Waals surface area contributed by atoms with Gasteiger partial charge in [0.1, 0.15) is 11.4 Å². The van der Waals surface area contributed by atoms with E-state index in [2.05, 4.69) is 5.32 Å². The average Bonchev–Trinajstić information content (AvgIpc) is 3.04. The maximum Gasteiger partial charge on any atom is 0.416 e. The van der Waals surface area contributed by atoms with E-state index in [1.165, 1.54) is 24.3 Å². The molecule has 0 unspecified atom stereocenters. The van der Waals surface area contributed by atoms with Gasteiger partial charge in [0, 0.05) is 17.1 Å². The van der Waals surface area contributed by atoms with E-state index in [0.717, 1.165) is 28.8 Å². The summed E-state index contributed by atoms with van der Waals surface area (Å²) in [6.07, 6.45) is -3.25. The van der Waals surface area contributed by atoms with Crippen LogP contribution in [0.4, 0.5) is 23.2 Å². The zero-order chi connectivity index (χ0) is 24.8. The van der Waals surface area contributed by atoms with Gasteiger partial charge in [-0.05, 0) is 86.2 Å². The van der Waals surface area contributed by atoms with Gasteiger partial charge in [-0.3, -0.25) is 19.8 Å². The van der Waals surface area contributed by atoms with Crippen molar-refractivity contribution in [1.82, 2.24) is 9.88 Å². The first kappa shape index (κ1) is 23.4. The highest BCUT2D eigenvalue weighted by Gasteiger charge is 2.36. The summed E-state index contributed by atoms with van der Waals surface area (Å²) in [5, 5.41) is 2.05. The lowest BCUT2D eigenvalue weighted by Crippen LogP contribution is -2.54. The maximum absolute atomic E-state index is 13.3. The van der Waals surface area contributed by atoms with Crippen molar-refractivity contribution < 1.29 is 27.2 Å². The number of nitrogens with zero attached hydrogens (tertiary/aromatic N) is 2. The largest absolute Gasteiger partial charge is 0.416 e. The second kappa shape index (κ2) is 8.53. The van der Waals surface area contributed by atoms with E-state index in [1.54, 1.807) is 25.1 Å². The highest BCUT2D eigenvalue weighted by molar-refractivity contribution is 7.80. The van der Waals surface area contributed by atoms with Crippen molar-refractivity contribution in [2.75, 3.05) is 4.90 Å². The summed E-state index contributed by atoms with van der Waals surface area (Å²) in [6, 6.07) is 11.7. The molecule has 1 N–H and O–H groups in total. The van der Waals surface area contributed by atoms with Crippen molar-refractivity contribution in [3.63, 3.8) is 0 Å². The number of alkyl halides is 3. The number of amides is 2. The van der Waals surface area contributed by atoms with Gasteiger partial charge < -0.3 is 4.57 Å². The van der Waals surface area contributed by atoms with Crippen LogP contribution in [0.3, 0.4) is 0 Å². The van der Waals surface area contributed by atoms with Gasteiger partial charge in [0.25, 0.3) is 11.8 Å². The van der Waals surface area contributed by atoms with Gasteiger partial charge in [-0.15, -0.1) is 0 Å².